The number of nitrogens with two attached hydrogens (primary N) is 1. The Hall–Kier alpha value is -4.32. The summed E-state index contributed by atoms with van der Waals surface area (Å²) in [5.74, 6) is 0.629. The van der Waals surface area contributed by atoms with Crippen molar-refractivity contribution in [3.05, 3.63) is 64.7 Å². The fourth-order valence-electron chi connectivity index (χ4n) is 4.31. The molecule has 0 aliphatic heterocycles. The number of carbonyl (C=O) groups is 4. The maximum Gasteiger partial charge on any atom is 0.408 e. The van der Waals surface area contributed by atoms with Crippen LogP contribution in [0.1, 0.15) is 75.8 Å². The third kappa shape index (κ3) is 8.34. The topological polar surface area (TPSA) is 131 Å². The maximum absolute atomic E-state index is 14.2. The molecule has 2 aromatic carbocycles. The minimum absolute atomic E-state index is 0.428. The van der Waals surface area contributed by atoms with E-state index < -0.39 is 54.0 Å². The number of benzene rings is 2. The van der Waals surface area contributed by atoms with Crippen LogP contribution in [0.5, 0.6) is 0 Å². The van der Waals surface area contributed by atoms with Crippen molar-refractivity contribution in [2.45, 2.75) is 85.0 Å². The Morgan fingerprint density at radius 1 is 1.05 bits per heavy atom. The lowest BCUT2D eigenvalue weighted by Gasteiger charge is -2.38. The van der Waals surface area contributed by atoms with Gasteiger partial charge in [0.1, 0.15) is 17.7 Å². The number of carbonyl (C=O) groups excluding carboxylic acids is 4. The van der Waals surface area contributed by atoms with Gasteiger partial charge in [0.25, 0.3) is 5.91 Å². The van der Waals surface area contributed by atoms with Crippen LogP contribution in [0.4, 0.5) is 10.5 Å². The van der Waals surface area contributed by atoms with Crippen LogP contribution in [0, 0.1) is 26.2 Å². The summed E-state index contributed by atoms with van der Waals surface area (Å²) in [4.78, 5) is 54.3. The first kappa shape index (κ1) is 31.9. The summed E-state index contributed by atoms with van der Waals surface area (Å²) in [6.07, 6.45) is 4.88. The van der Waals surface area contributed by atoms with Gasteiger partial charge in [-0.05, 0) is 70.7 Å². The van der Waals surface area contributed by atoms with Gasteiger partial charge in [-0.25, -0.2) is 4.79 Å². The van der Waals surface area contributed by atoms with E-state index in [0.29, 0.717) is 23.2 Å². The zero-order valence-corrected chi connectivity index (χ0v) is 24.3. The van der Waals surface area contributed by atoms with Crippen molar-refractivity contribution in [1.29, 1.82) is 0 Å². The molecule has 3 atom stereocenters. The zero-order chi connectivity index (χ0) is 30.2. The molecule has 9 heteroatoms. The fraction of sp³-hybridized carbons (Fsp3) is 0.419. The van der Waals surface area contributed by atoms with E-state index in [-0.39, 0.29) is 0 Å². The highest BCUT2D eigenvalue weighted by molar-refractivity contribution is 6.01. The summed E-state index contributed by atoms with van der Waals surface area (Å²) < 4.78 is 5.32. The standard InChI is InChI=1S/C31H40N4O5/c1-9-21(5)35(29(38)24(18-25(32)36)33-30(39)40-31(6,7)8)27(23-17-12-11-16-22(23)10-2)28(37)34-26-19(3)14-13-15-20(26)4/h2,11-17,21,24,27H,9,18H2,1,3-8H3,(H2,32,36)(H,33,39)(H,34,37). The molecule has 9 nitrogen and oxygen atoms in total. The largest absolute Gasteiger partial charge is 0.444 e. The third-order valence-corrected chi connectivity index (χ3v) is 6.38. The van der Waals surface area contributed by atoms with Crippen molar-refractivity contribution in [2.75, 3.05) is 5.32 Å². The first-order valence-electron chi connectivity index (χ1n) is 13.2. The molecule has 3 unspecified atom stereocenters. The number of nitrogens with one attached hydrogen (secondary N) is 2. The van der Waals surface area contributed by atoms with Crippen LogP contribution in [0.2, 0.25) is 0 Å². The number of hydrogen-bond donors (Lipinski definition) is 3. The van der Waals surface area contributed by atoms with Crippen LogP contribution >= 0.6 is 0 Å². The second kappa shape index (κ2) is 13.7. The molecule has 0 aliphatic carbocycles. The Labute approximate surface area is 236 Å². The van der Waals surface area contributed by atoms with Crippen LogP contribution in [0.15, 0.2) is 42.5 Å². The van der Waals surface area contributed by atoms with Crippen LogP contribution in [0.3, 0.4) is 0 Å². The minimum atomic E-state index is -1.38. The molecule has 0 aromatic heterocycles. The highest BCUT2D eigenvalue weighted by Crippen LogP contribution is 2.31. The van der Waals surface area contributed by atoms with Crippen LogP contribution < -0.4 is 16.4 Å². The normalized spacial score (nSPS) is 13.2. The lowest BCUT2D eigenvalue weighted by atomic mass is 9.95. The van der Waals surface area contributed by atoms with Crippen molar-refractivity contribution >= 4 is 29.5 Å². The SMILES string of the molecule is C#Cc1ccccc1C(C(=O)Nc1c(C)cccc1C)N(C(=O)C(CC(N)=O)NC(=O)OC(C)(C)C)C(C)CC. The van der Waals surface area contributed by atoms with Gasteiger partial charge in [0.2, 0.25) is 11.8 Å². The molecule has 214 valence electrons. The number of hydrogen-bond acceptors (Lipinski definition) is 5. The van der Waals surface area contributed by atoms with Gasteiger partial charge in [0.15, 0.2) is 0 Å². The quantitative estimate of drug-likeness (QED) is 0.380. The van der Waals surface area contributed by atoms with Gasteiger partial charge in [-0.3, -0.25) is 14.4 Å². The number of primary amides is 1. The second-order valence-electron chi connectivity index (χ2n) is 10.8. The van der Waals surface area contributed by atoms with Crippen molar-refractivity contribution in [3.63, 3.8) is 0 Å². The lowest BCUT2D eigenvalue weighted by Crippen LogP contribution is -2.55. The number of alkyl carbamates (subject to hydrolysis) is 1. The fourth-order valence-corrected chi connectivity index (χ4v) is 4.31. The molecule has 2 rings (SSSR count). The number of anilines is 1. The number of aryl methyl sites for hydroxylation is 2. The van der Waals surface area contributed by atoms with Gasteiger partial charge >= 0.3 is 6.09 Å². The molecule has 0 heterocycles. The Morgan fingerprint density at radius 3 is 2.17 bits per heavy atom. The number of rotatable bonds is 10. The molecular formula is C31H40N4O5. The van der Waals surface area contributed by atoms with E-state index >= 15 is 0 Å². The van der Waals surface area contributed by atoms with Crippen molar-refractivity contribution < 1.29 is 23.9 Å². The first-order valence-corrected chi connectivity index (χ1v) is 13.2. The van der Waals surface area contributed by atoms with E-state index in [4.69, 9.17) is 16.9 Å². The summed E-state index contributed by atoms with van der Waals surface area (Å²) in [6, 6.07) is 9.42. The van der Waals surface area contributed by atoms with Crippen LogP contribution in [0.25, 0.3) is 0 Å². The van der Waals surface area contributed by atoms with E-state index in [2.05, 4.69) is 16.6 Å². The molecule has 0 radical (unpaired) electrons. The summed E-state index contributed by atoms with van der Waals surface area (Å²) in [5.41, 5.74) is 7.78. The van der Waals surface area contributed by atoms with E-state index in [1.807, 2.05) is 39.0 Å². The Bertz CT molecular complexity index is 1270. The zero-order valence-electron chi connectivity index (χ0n) is 24.3. The molecule has 0 bridgehead atoms. The highest BCUT2D eigenvalue weighted by Gasteiger charge is 2.40. The van der Waals surface area contributed by atoms with E-state index in [9.17, 15) is 19.2 Å². The van der Waals surface area contributed by atoms with Gasteiger partial charge in [0, 0.05) is 17.3 Å². The third-order valence-electron chi connectivity index (χ3n) is 6.38. The van der Waals surface area contributed by atoms with Crippen molar-refractivity contribution in [2.24, 2.45) is 5.73 Å². The number of para-hydroxylation sites is 1. The highest BCUT2D eigenvalue weighted by atomic mass is 16.6. The average Bonchev–Trinajstić information content (AvgIpc) is 2.86. The minimum Gasteiger partial charge on any atom is -0.444 e. The molecule has 4 N–H and O–H groups in total. The number of amides is 4. The average molecular weight is 549 g/mol. The molecule has 4 amide bonds. The lowest BCUT2D eigenvalue weighted by molar-refractivity contribution is -0.144. The molecule has 0 spiro atoms. The van der Waals surface area contributed by atoms with Crippen molar-refractivity contribution in [1.82, 2.24) is 10.2 Å². The van der Waals surface area contributed by atoms with Gasteiger partial charge in [-0.2, -0.15) is 0 Å². The Morgan fingerprint density at radius 2 is 1.65 bits per heavy atom. The molecule has 2 aromatic rings. The molecule has 0 saturated carbocycles. The van der Waals surface area contributed by atoms with Gasteiger partial charge in [-0.15, -0.1) is 6.42 Å². The number of nitrogens with zero attached hydrogens (tertiary/aromatic N) is 1. The summed E-state index contributed by atoms with van der Waals surface area (Å²) in [5, 5.41) is 5.47. The molecular weight excluding hydrogens is 508 g/mol. The number of ether oxygens (including phenoxy) is 1. The van der Waals surface area contributed by atoms with E-state index in [1.54, 1.807) is 52.0 Å². The smallest absolute Gasteiger partial charge is 0.408 e. The summed E-state index contributed by atoms with van der Waals surface area (Å²) >= 11 is 0. The summed E-state index contributed by atoms with van der Waals surface area (Å²) in [6.45, 7) is 12.4. The predicted molar refractivity (Wildman–Crippen MR) is 155 cm³/mol. The first-order chi connectivity index (χ1) is 18.7. The van der Waals surface area contributed by atoms with Gasteiger partial charge in [0.05, 0.1) is 6.42 Å². The summed E-state index contributed by atoms with van der Waals surface area (Å²) in [7, 11) is 0. The molecule has 0 saturated heterocycles. The number of terminal acetylenes is 1. The molecule has 0 fully saturated rings. The molecule has 40 heavy (non-hydrogen) atoms. The molecule has 0 aliphatic rings. The van der Waals surface area contributed by atoms with Crippen LogP contribution in [-0.2, 0) is 19.1 Å². The monoisotopic (exact) mass is 548 g/mol. The van der Waals surface area contributed by atoms with E-state index in [0.717, 1.165) is 11.1 Å². The van der Waals surface area contributed by atoms with E-state index in [1.165, 1.54) is 4.90 Å². The maximum atomic E-state index is 14.2. The Kier molecular flexibility index (Phi) is 10.9. The van der Waals surface area contributed by atoms with Crippen LogP contribution in [-0.4, -0.2) is 46.4 Å². The van der Waals surface area contributed by atoms with Gasteiger partial charge < -0.3 is 26.0 Å². The predicted octanol–water partition coefficient (Wildman–Crippen LogP) is 4.36. The van der Waals surface area contributed by atoms with Gasteiger partial charge in [-0.1, -0.05) is 49.2 Å². The second-order valence-corrected chi connectivity index (χ2v) is 10.8. The van der Waals surface area contributed by atoms with Crippen molar-refractivity contribution in [3.8, 4) is 12.3 Å². The Balaban J connectivity index is 2.68.